The fraction of sp³-hybridized carbons (Fsp3) is 0.250. The Hall–Kier alpha value is -1.87. The second kappa shape index (κ2) is 5.63. The predicted octanol–water partition coefficient (Wildman–Crippen LogP) is 3.72. The minimum Gasteiger partial charge on any atom is -0.327 e. The molecule has 0 N–H and O–H groups in total. The first kappa shape index (κ1) is 13.1. The summed E-state index contributed by atoms with van der Waals surface area (Å²) >= 11 is 6.04. The molecule has 0 atom stereocenters. The second-order valence-electron chi connectivity index (χ2n) is 4.87. The van der Waals surface area contributed by atoms with Gasteiger partial charge in [-0.05, 0) is 36.6 Å². The first-order valence-electron chi connectivity index (χ1n) is 6.69. The summed E-state index contributed by atoms with van der Waals surface area (Å²) in [5.41, 5.74) is 4.62. The molecular weight excluding hydrogens is 270 g/mol. The highest BCUT2D eigenvalue weighted by Gasteiger charge is 2.11. The Kier molecular flexibility index (Phi) is 3.70. The van der Waals surface area contributed by atoms with E-state index in [9.17, 15) is 0 Å². The molecule has 0 bridgehead atoms. The first-order chi connectivity index (χ1) is 9.79. The number of benzene rings is 1. The molecule has 3 rings (SSSR count). The van der Waals surface area contributed by atoms with Gasteiger partial charge in [0.25, 0.3) is 0 Å². The average Bonchev–Trinajstić information content (AvgIpc) is 2.85. The Balaban J connectivity index is 1.96. The van der Waals surface area contributed by atoms with Gasteiger partial charge in [0.2, 0.25) is 0 Å². The number of aryl methyl sites for hydroxylation is 3. The van der Waals surface area contributed by atoms with Gasteiger partial charge in [-0.25, -0.2) is 4.98 Å². The molecule has 2 aromatic heterocycles. The summed E-state index contributed by atoms with van der Waals surface area (Å²) in [5, 5.41) is 0. The van der Waals surface area contributed by atoms with E-state index < -0.39 is 0 Å². The molecule has 1 aromatic carbocycles. The van der Waals surface area contributed by atoms with Crippen molar-refractivity contribution >= 4 is 22.6 Å². The van der Waals surface area contributed by atoms with Crippen LogP contribution in [-0.2, 0) is 18.8 Å². The Labute approximate surface area is 123 Å². The number of alkyl halides is 1. The molecule has 0 aliphatic rings. The Morgan fingerprint density at radius 1 is 1.20 bits per heavy atom. The van der Waals surface area contributed by atoms with Gasteiger partial charge in [-0.3, -0.25) is 4.98 Å². The molecule has 0 amide bonds. The molecule has 0 spiro atoms. The van der Waals surface area contributed by atoms with Gasteiger partial charge in [-0.15, -0.1) is 11.6 Å². The summed E-state index contributed by atoms with van der Waals surface area (Å²) in [5.74, 6) is 1.36. The standard InChI is InChI=1S/C16H16ClN3/c1-12-4-2-6-14-16(12)19-15(10-17)20(14)9-7-13-5-3-8-18-11-13/h2-6,8,11H,7,9-10H2,1H3. The third-order valence-corrected chi connectivity index (χ3v) is 3.77. The van der Waals surface area contributed by atoms with Gasteiger partial charge in [-0.1, -0.05) is 18.2 Å². The summed E-state index contributed by atoms with van der Waals surface area (Å²) in [4.78, 5) is 8.81. The third kappa shape index (κ3) is 2.41. The summed E-state index contributed by atoms with van der Waals surface area (Å²) in [6.45, 7) is 2.95. The number of nitrogens with zero attached hydrogens (tertiary/aromatic N) is 3. The van der Waals surface area contributed by atoms with Crippen molar-refractivity contribution < 1.29 is 0 Å². The van der Waals surface area contributed by atoms with E-state index in [1.54, 1.807) is 6.20 Å². The fourth-order valence-electron chi connectivity index (χ4n) is 2.47. The van der Waals surface area contributed by atoms with E-state index >= 15 is 0 Å². The molecule has 0 unspecified atom stereocenters. The van der Waals surface area contributed by atoms with Crippen LogP contribution in [0.25, 0.3) is 11.0 Å². The van der Waals surface area contributed by atoms with Crippen molar-refractivity contribution in [1.82, 2.24) is 14.5 Å². The van der Waals surface area contributed by atoms with E-state index in [2.05, 4.69) is 45.7 Å². The topological polar surface area (TPSA) is 30.7 Å². The molecule has 0 fully saturated rings. The lowest BCUT2D eigenvalue weighted by atomic mass is 10.2. The van der Waals surface area contributed by atoms with Crippen LogP contribution in [0.3, 0.4) is 0 Å². The van der Waals surface area contributed by atoms with Gasteiger partial charge in [-0.2, -0.15) is 0 Å². The molecule has 2 heterocycles. The molecule has 4 heteroatoms. The average molecular weight is 286 g/mol. The van der Waals surface area contributed by atoms with Gasteiger partial charge >= 0.3 is 0 Å². The Bertz CT molecular complexity index is 719. The second-order valence-corrected chi connectivity index (χ2v) is 5.13. The van der Waals surface area contributed by atoms with Gasteiger partial charge in [0.1, 0.15) is 5.82 Å². The number of aromatic nitrogens is 3. The summed E-state index contributed by atoms with van der Waals surface area (Å²) in [6.07, 6.45) is 4.63. The fourth-order valence-corrected chi connectivity index (χ4v) is 2.68. The maximum atomic E-state index is 6.04. The predicted molar refractivity (Wildman–Crippen MR) is 82.0 cm³/mol. The van der Waals surface area contributed by atoms with Gasteiger partial charge in [0.15, 0.2) is 0 Å². The first-order valence-corrected chi connectivity index (χ1v) is 7.22. The van der Waals surface area contributed by atoms with E-state index in [0.717, 1.165) is 29.8 Å². The molecule has 0 saturated heterocycles. The molecule has 20 heavy (non-hydrogen) atoms. The Morgan fingerprint density at radius 3 is 2.85 bits per heavy atom. The van der Waals surface area contributed by atoms with Crippen molar-refractivity contribution in [2.45, 2.75) is 25.8 Å². The highest BCUT2D eigenvalue weighted by molar-refractivity contribution is 6.16. The highest BCUT2D eigenvalue weighted by atomic mass is 35.5. The monoisotopic (exact) mass is 285 g/mol. The van der Waals surface area contributed by atoms with Crippen molar-refractivity contribution in [3.8, 4) is 0 Å². The quantitative estimate of drug-likeness (QED) is 0.684. The van der Waals surface area contributed by atoms with Crippen LogP contribution in [0.4, 0.5) is 0 Å². The third-order valence-electron chi connectivity index (χ3n) is 3.53. The summed E-state index contributed by atoms with van der Waals surface area (Å²) < 4.78 is 2.21. The molecular formula is C16H16ClN3. The lowest BCUT2D eigenvalue weighted by Crippen LogP contribution is -2.05. The summed E-state index contributed by atoms with van der Waals surface area (Å²) in [6, 6.07) is 10.3. The van der Waals surface area contributed by atoms with Gasteiger partial charge in [0, 0.05) is 18.9 Å². The zero-order chi connectivity index (χ0) is 13.9. The van der Waals surface area contributed by atoms with Crippen molar-refractivity contribution in [3.63, 3.8) is 0 Å². The number of halogens is 1. The molecule has 3 nitrogen and oxygen atoms in total. The SMILES string of the molecule is Cc1cccc2c1nc(CCl)n2CCc1cccnc1. The smallest absolute Gasteiger partial charge is 0.124 e. The zero-order valence-electron chi connectivity index (χ0n) is 11.4. The number of rotatable bonds is 4. The molecule has 0 aliphatic heterocycles. The van der Waals surface area contributed by atoms with Crippen molar-refractivity contribution in [2.24, 2.45) is 0 Å². The van der Waals surface area contributed by atoms with Crippen molar-refractivity contribution in [3.05, 3.63) is 59.7 Å². The number of imidazole rings is 1. The molecule has 3 aromatic rings. The number of hydrogen-bond donors (Lipinski definition) is 0. The van der Waals surface area contributed by atoms with E-state index in [1.807, 2.05) is 12.3 Å². The van der Waals surface area contributed by atoms with Crippen LogP contribution in [0, 0.1) is 6.92 Å². The van der Waals surface area contributed by atoms with E-state index in [0.29, 0.717) is 5.88 Å². The van der Waals surface area contributed by atoms with Gasteiger partial charge in [0.05, 0.1) is 16.9 Å². The lowest BCUT2D eigenvalue weighted by Gasteiger charge is -2.07. The highest BCUT2D eigenvalue weighted by Crippen LogP contribution is 2.21. The molecule has 0 saturated carbocycles. The van der Waals surface area contributed by atoms with Gasteiger partial charge < -0.3 is 4.57 Å². The summed E-state index contributed by atoms with van der Waals surface area (Å²) in [7, 11) is 0. The zero-order valence-corrected chi connectivity index (χ0v) is 12.1. The maximum Gasteiger partial charge on any atom is 0.124 e. The Morgan fingerprint density at radius 2 is 2.10 bits per heavy atom. The van der Waals surface area contributed by atoms with Crippen molar-refractivity contribution in [2.75, 3.05) is 0 Å². The molecule has 102 valence electrons. The molecule has 0 radical (unpaired) electrons. The minimum atomic E-state index is 0.432. The van der Waals surface area contributed by atoms with Crippen LogP contribution in [0.1, 0.15) is 17.0 Å². The number of hydrogen-bond acceptors (Lipinski definition) is 2. The van der Waals surface area contributed by atoms with E-state index in [-0.39, 0.29) is 0 Å². The number of para-hydroxylation sites is 1. The number of pyridine rings is 1. The largest absolute Gasteiger partial charge is 0.327 e. The van der Waals surface area contributed by atoms with E-state index in [4.69, 9.17) is 11.6 Å². The number of fused-ring (bicyclic) bond motifs is 1. The van der Waals surface area contributed by atoms with Crippen molar-refractivity contribution in [1.29, 1.82) is 0 Å². The van der Waals surface area contributed by atoms with Crippen LogP contribution in [0.5, 0.6) is 0 Å². The van der Waals surface area contributed by atoms with Crippen LogP contribution in [-0.4, -0.2) is 14.5 Å². The normalized spacial score (nSPS) is 11.1. The van der Waals surface area contributed by atoms with Crippen LogP contribution in [0.2, 0.25) is 0 Å². The minimum absolute atomic E-state index is 0.432. The van der Waals surface area contributed by atoms with Crippen LogP contribution >= 0.6 is 11.6 Å². The maximum absolute atomic E-state index is 6.04. The van der Waals surface area contributed by atoms with Crippen LogP contribution < -0.4 is 0 Å². The molecule has 0 aliphatic carbocycles. The van der Waals surface area contributed by atoms with Crippen LogP contribution in [0.15, 0.2) is 42.7 Å². The lowest BCUT2D eigenvalue weighted by molar-refractivity contribution is 0.686. The van der Waals surface area contributed by atoms with E-state index in [1.165, 1.54) is 11.1 Å².